The van der Waals surface area contributed by atoms with Crippen molar-refractivity contribution in [2.24, 2.45) is 17.3 Å². The third-order valence-electron chi connectivity index (χ3n) is 3.20. The van der Waals surface area contributed by atoms with Crippen LogP contribution in [0, 0.1) is 17.3 Å². The van der Waals surface area contributed by atoms with E-state index in [0.29, 0.717) is 11.8 Å². The summed E-state index contributed by atoms with van der Waals surface area (Å²) in [6.07, 6.45) is 0. The molecule has 0 heterocycles. The smallest absolute Gasteiger partial charge is 0.0504 e. The van der Waals surface area contributed by atoms with Crippen molar-refractivity contribution in [3.05, 3.63) is 0 Å². The number of rotatable bonds is 5. The second kappa shape index (κ2) is 4.97. The number of aliphatic hydroxyl groups excluding tert-OH is 1. The van der Waals surface area contributed by atoms with Crippen molar-refractivity contribution in [1.82, 2.24) is 4.90 Å². The quantitative estimate of drug-likeness (QED) is 0.710. The lowest BCUT2D eigenvalue weighted by Crippen LogP contribution is -2.45. The second-order valence-corrected chi connectivity index (χ2v) is 4.94. The van der Waals surface area contributed by atoms with Crippen molar-refractivity contribution in [1.29, 1.82) is 0 Å². The van der Waals surface area contributed by atoms with Gasteiger partial charge in [0.2, 0.25) is 0 Å². The fraction of sp³-hybridized carbons (Fsp3) is 1.00. The monoisotopic (exact) mass is 187 g/mol. The molecular weight excluding hydrogens is 162 g/mol. The average Bonchev–Trinajstić information content (AvgIpc) is 1.98. The largest absolute Gasteiger partial charge is 0.396 e. The van der Waals surface area contributed by atoms with Gasteiger partial charge < -0.3 is 10.0 Å². The van der Waals surface area contributed by atoms with E-state index < -0.39 is 0 Å². The number of hydrogen-bond acceptors (Lipinski definition) is 2. The Balaban J connectivity index is 4.65. The van der Waals surface area contributed by atoms with Crippen LogP contribution >= 0.6 is 0 Å². The molecule has 0 aromatic heterocycles. The van der Waals surface area contributed by atoms with Gasteiger partial charge in [0.05, 0.1) is 6.61 Å². The van der Waals surface area contributed by atoms with Crippen molar-refractivity contribution >= 4 is 0 Å². The van der Waals surface area contributed by atoms with Gasteiger partial charge in [0.1, 0.15) is 0 Å². The Kier molecular flexibility index (Phi) is 4.93. The highest BCUT2D eigenvalue weighted by Gasteiger charge is 2.36. The molecule has 80 valence electrons. The molecular formula is C11H25NO. The van der Waals surface area contributed by atoms with Crippen molar-refractivity contribution < 1.29 is 5.11 Å². The van der Waals surface area contributed by atoms with Crippen molar-refractivity contribution in [2.75, 3.05) is 27.2 Å². The van der Waals surface area contributed by atoms with Gasteiger partial charge in [0.25, 0.3) is 0 Å². The third-order valence-corrected chi connectivity index (χ3v) is 3.20. The topological polar surface area (TPSA) is 23.5 Å². The van der Waals surface area contributed by atoms with Crippen LogP contribution in [0.1, 0.15) is 27.7 Å². The van der Waals surface area contributed by atoms with E-state index in [2.05, 4.69) is 46.7 Å². The molecule has 0 unspecified atom stereocenters. The minimum Gasteiger partial charge on any atom is -0.396 e. The van der Waals surface area contributed by atoms with E-state index in [1.165, 1.54) is 0 Å². The molecule has 13 heavy (non-hydrogen) atoms. The zero-order valence-electron chi connectivity index (χ0n) is 9.96. The summed E-state index contributed by atoms with van der Waals surface area (Å²) in [5.41, 5.74) is 0.0451. The molecule has 0 fully saturated rings. The molecule has 0 aliphatic carbocycles. The highest BCUT2D eigenvalue weighted by molar-refractivity contribution is 4.86. The van der Waals surface area contributed by atoms with Crippen LogP contribution in [0.4, 0.5) is 0 Å². The zero-order chi connectivity index (χ0) is 10.6. The Bertz CT molecular complexity index is 133. The first-order chi connectivity index (χ1) is 5.86. The van der Waals surface area contributed by atoms with Gasteiger partial charge in [-0.05, 0) is 25.9 Å². The molecule has 0 rings (SSSR count). The van der Waals surface area contributed by atoms with Crippen LogP contribution < -0.4 is 0 Å². The minimum atomic E-state index is 0.0451. The van der Waals surface area contributed by atoms with Gasteiger partial charge in [-0.1, -0.05) is 27.7 Å². The molecule has 0 amide bonds. The molecule has 0 atom stereocenters. The van der Waals surface area contributed by atoms with Crippen LogP contribution in [-0.2, 0) is 0 Å². The first-order valence-electron chi connectivity index (χ1n) is 5.12. The van der Waals surface area contributed by atoms with Crippen LogP contribution in [0.3, 0.4) is 0 Å². The highest BCUT2D eigenvalue weighted by Crippen LogP contribution is 2.35. The SMILES string of the molecule is CC(C)C(CO)(CN(C)C)C(C)C. The predicted octanol–water partition coefficient (Wildman–Crippen LogP) is 1.84. The van der Waals surface area contributed by atoms with E-state index in [0.717, 1.165) is 6.54 Å². The summed E-state index contributed by atoms with van der Waals surface area (Å²) >= 11 is 0. The number of nitrogens with zero attached hydrogens (tertiary/aromatic N) is 1. The zero-order valence-corrected chi connectivity index (χ0v) is 9.96. The van der Waals surface area contributed by atoms with Crippen LogP contribution in [0.15, 0.2) is 0 Å². The molecule has 0 saturated heterocycles. The first kappa shape index (κ1) is 12.9. The lowest BCUT2D eigenvalue weighted by atomic mass is 9.69. The fourth-order valence-electron chi connectivity index (χ4n) is 2.04. The summed E-state index contributed by atoms with van der Waals surface area (Å²) in [4.78, 5) is 2.16. The average molecular weight is 187 g/mol. The normalized spacial score (nSPS) is 13.4. The summed E-state index contributed by atoms with van der Waals surface area (Å²) < 4.78 is 0. The van der Waals surface area contributed by atoms with Gasteiger partial charge >= 0.3 is 0 Å². The van der Waals surface area contributed by atoms with Crippen molar-refractivity contribution in [3.63, 3.8) is 0 Å². The maximum absolute atomic E-state index is 9.54. The van der Waals surface area contributed by atoms with Crippen LogP contribution in [0.5, 0.6) is 0 Å². The maximum Gasteiger partial charge on any atom is 0.0504 e. The molecule has 0 aliphatic heterocycles. The summed E-state index contributed by atoms with van der Waals surface area (Å²) in [6.45, 7) is 10.0. The minimum absolute atomic E-state index is 0.0451. The summed E-state index contributed by atoms with van der Waals surface area (Å²) in [5.74, 6) is 1.03. The highest BCUT2D eigenvalue weighted by atomic mass is 16.3. The fourth-order valence-corrected chi connectivity index (χ4v) is 2.04. The lowest BCUT2D eigenvalue weighted by Gasteiger charge is -2.41. The van der Waals surface area contributed by atoms with Gasteiger partial charge in [-0.2, -0.15) is 0 Å². The van der Waals surface area contributed by atoms with E-state index in [1.807, 2.05) is 0 Å². The van der Waals surface area contributed by atoms with Crippen molar-refractivity contribution in [3.8, 4) is 0 Å². The Morgan fingerprint density at radius 2 is 1.46 bits per heavy atom. The number of aliphatic hydroxyl groups is 1. The van der Waals surface area contributed by atoms with E-state index in [-0.39, 0.29) is 12.0 Å². The molecule has 0 aromatic carbocycles. The Hall–Kier alpha value is -0.0800. The number of hydrogen-bond donors (Lipinski definition) is 1. The molecule has 0 spiro atoms. The van der Waals surface area contributed by atoms with Gasteiger partial charge in [-0.3, -0.25) is 0 Å². The van der Waals surface area contributed by atoms with E-state index >= 15 is 0 Å². The molecule has 2 heteroatoms. The molecule has 0 saturated carbocycles. The molecule has 0 radical (unpaired) electrons. The van der Waals surface area contributed by atoms with E-state index in [1.54, 1.807) is 0 Å². The summed E-state index contributed by atoms with van der Waals surface area (Å²) in [6, 6.07) is 0. The van der Waals surface area contributed by atoms with Crippen molar-refractivity contribution in [2.45, 2.75) is 27.7 Å². The van der Waals surface area contributed by atoms with Gasteiger partial charge in [0.15, 0.2) is 0 Å². The first-order valence-corrected chi connectivity index (χ1v) is 5.12. The van der Waals surface area contributed by atoms with Crippen LogP contribution in [0.25, 0.3) is 0 Å². The van der Waals surface area contributed by atoms with Gasteiger partial charge in [-0.15, -0.1) is 0 Å². The van der Waals surface area contributed by atoms with Crippen LogP contribution in [-0.4, -0.2) is 37.3 Å². The molecule has 0 bridgehead atoms. The Labute approximate surface area is 82.9 Å². The summed E-state index contributed by atoms with van der Waals surface area (Å²) in [7, 11) is 4.13. The Morgan fingerprint density at radius 1 is 1.08 bits per heavy atom. The van der Waals surface area contributed by atoms with Gasteiger partial charge in [-0.25, -0.2) is 0 Å². The van der Waals surface area contributed by atoms with E-state index in [9.17, 15) is 5.11 Å². The molecule has 1 N–H and O–H groups in total. The molecule has 0 aliphatic rings. The second-order valence-electron chi connectivity index (χ2n) is 4.94. The third kappa shape index (κ3) is 2.96. The summed E-state index contributed by atoms with van der Waals surface area (Å²) in [5, 5.41) is 9.54. The maximum atomic E-state index is 9.54. The lowest BCUT2D eigenvalue weighted by molar-refractivity contribution is 0.00671. The Morgan fingerprint density at radius 3 is 1.54 bits per heavy atom. The van der Waals surface area contributed by atoms with Gasteiger partial charge in [0, 0.05) is 12.0 Å². The molecule has 0 aromatic rings. The van der Waals surface area contributed by atoms with Crippen LogP contribution in [0.2, 0.25) is 0 Å². The molecule has 2 nitrogen and oxygen atoms in total. The predicted molar refractivity (Wildman–Crippen MR) is 57.7 cm³/mol. The van der Waals surface area contributed by atoms with E-state index in [4.69, 9.17) is 0 Å². The standard InChI is InChI=1S/C11H25NO/c1-9(2)11(8-13,10(3)4)7-12(5)6/h9-10,13H,7-8H2,1-6H3.